The summed E-state index contributed by atoms with van der Waals surface area (Å²) in [4.78, 5) is 30.4. The molecule has 3 rings (SSSR count). The molecule has 0 saturated carbocycles. The molecule has 106 valence electrons. The van der Waals surface area contributed by atoms with E-state index in [2.05, 4.69) is 15.3 Å². The van der Waals surface area contributed by atoms with Crippen molar-refractivity contribution in [3.05, 3.63) is 62.6 Å². The van der Waals surface area contributed by atoms with Crippen LogP contribution in [0.1, 0.15) is 15.4 Å². The lowest BCUT2D eigenvalue weighted by Gasteiger charge is -2.07. The molecule has 7 heteroatoms. The molecule has 2 aromatic heterocycles. The normalized spacial score (nSPS) is 10.7. The van der Waals surface area contributed by atoms with E-state index in [0.717, 1.165) is 5.01 Å². The second-order valence-electron chi connectivity index (χ2n) is 4.35. The molecule has 1 aromatic carbocycles. The second kappa shape index (κ2) is 5.45. The molecule has 0 atom stereocenters. The Morgan fingerprint density at radius 2 is 2.24 bits per heavy atom. The van der Waals surface area contributed by atoms with E-state index in [9.17, 15) is 14.0 Å². The highest BCUT2D eigenvalue weighted by Crippen LogP contribution is 2.16. The van der Waals surface area contributed by atoms with E-state index in [1.807, 2.05) is 0 Å². The number of hydrogen-bond acceptors (Lipinski definition) is 4. The molecule has 0 radical (unpaired) electrons. The first kappa shape index (κ1) is 13.4. The molecule has 2 heterocycles. The van der Waals surface area contributed by atoms with Crippen LogP contribution in [0, 0.1) is 5.82 Å². The first-order valence-electron chi connectivity index (χ1n) is 6.12. The Kier molecular flexibility index (Phi) is 3.49. The number of rotatable bonds is 3. The van der Waals surface area contributed by atoms with Crippen molar-refractivity contribution < 1.29 is 9.18 Å². The average Bonchev–Trinajstić information content (AvgIpc) is 2.97. The summed E-state index contributed by atoms with van der Waals surface area (Å²) < 4.78 is 13.4. The number of benzene rings is 1. The highest BCUT2D eigenvalue weighted by atomic mass is 32.1. The minimum atomic E-state index is -0.469. The van der Waals surface area contributed by atoms with Crippen LogP contribution in [0.4, 0.5) is 4.39 Å². The minimum Gasteiger partial charge on any atom is -0.346 e. The minimum absolute atomic E-state index is 0.143. The topological polar surface area (TPSA) is 74.8 Å². The number of aromatic nitrogens is 2. The number of aromatic amines is 1. The van der Waals surface area contributed by atoms with Crippen LogP contribution < -0.4 is 10.9 Å². The van der Waals surface area contributed by atoms with Gasteiger partial charge in [0, 0.05) is 28.5 Å². The quantitative estimate of drug-likeness (QED) is 0.777. The summed E-state index contributed by atoms with van der Waals surface area (Å²) in [6, 6.07) is 5.06. The fourth-order valence-corrected chi connectivity index (χ4v) is 2.56. The van der Waals surface area contributed by atoms with Crippen molar-refractivity contribution in [2.45, 2.75) is 6.54 Å². The highest BCUT2D eigenvalue weighted by molar-refractivity contribution is 7.09. The number of halogens is 1. The van der Waals surface area contributed by atoms with Crippen molar-refractivity contribution >= 4 is 28.1 Å². The third kappa shape index (κ3) is 2.82. The lowest BCUT2D eigenvalue weighted by Crippen LogP contribution is -2.24. The number of fused-ring (bicyclic) bond motifs is 1. The Labute approximate surface area is 122 Å². The van der Waals surface area contributed by atoms with E-state index in [1.165, 1.54) is 35.6 Å². The standard InChI is InChI=1S/C14H10FN3O2S/c15-8-1-2-11-9(5-8)10(6-12(19)18-11)14(20)17-7-13-16-3-4-21-13/h1-6H,7H2,(H,17,20)(H,18,19). The number of hydrogen-bond donors (Lipinski definition) is 2. The lowest BCUT2D eigenvalue weighted by atomic mass is 10.1. The van der Waals surface area contributed by atoms with Crippen molar-refractivity contribution in [2.24, 2.45) is 0 Å². The van der Waals surface area contributed by atoms with E-state index < -0.39 is 17.3 Å². The van der Waals surface area contributed by atoms with Gasteiger partial charge < -0.3 is 10.3 Å². The van der Waals surface area contributed by atoms with Gasteiger partial charge in [-0.2, -0.15) is 0 Å². The van der Waals surface area contributed by atoms with E-state index in [1.54, 1.807) is 11.6 Å². The van der Waals surface area contributed by atoms with Gasteiger partial charge in [0.15, 0.2) is 0 Å². The van der Waals surface area contributed by atoms with Gasteiger partial charge in [-0.15, -0.1) is 11.3 Å². The maximum atomic E-state index is 13.4. The molecule has 0 aliphatic carbocycles. The molecular weight excluding hydrogens is 293 g/mol. The van der Waals surface area contributed by atoms with Gasteiger partial charge in [-0.25, -0.2) is 9.37 Å². The number of amides is 1. The highest BCUT2D eigenvalue weighted by Gasteiger charge is 2.12. The Morgan fingerprint density at radius 3 is 3.00 bits per heavy atom. The van der Waals surface area contributed by atoms with Crippen LogP contribution in [-0.4, -0.2) is 15.9 Å². The Bertz CT molecular complexity index is 858. The van der Waals surface area contributed by atoms with Crippen molar-refractivity contribution in [1.82, 2.24) is 15.3 Å². The summed E-state index contributed by atoms with van der Waals surface area (Å²) in [7, 11) is 0. The molecule has 0 aliphatic rings. The van der Waals surface area contributed by atoms with Crippen LogP contribution >= 0.6 is 11.3 Å². The number of nitrogens with one attached hydrogen (secondary N) is 2. The summed E-state index contributed by atoms with van der Waals surface area (Å²) in [6.45, 7) is 0.264. The SMILES string of the molecule is O=C(NCc1nccs1)c1cc(=O)[nH]c2ccc(F)cc12. The van der Waals surface area contributed by atoms with Gasteiger partial charge in [-0.1, -0.05) is 0 Å². The van der Waals surface area contributed by atoms with Gasteiger partial charge in [0.25, 0.3) is 5.91 Å². The summed E-state index contributed by atoms with van der Waals surface area (Å²) >= 11 is 1.42. The summed E-state index contributed by atoms with van der Waals surface area (Å²) in [5, 5.41) is 5.60. The predicted octanol–water partition coefficient (Wildman–Crippen LogP) is 2.05. The fraction of sp³-hybridized carbons (Fsp3) is 0.0714. The van der Waals surface area contributed by atoms with Gasteiger partial charge in [0.1, 0.15) is 10.8 Å². The zero-order valence-corrected chi connectivity index (χ0v) is 11.5. The molecule has 5 nitrogen and oxygen atoms in total. The van der Waals surface area contributed by atoms with E-state index >= 15 is 0 Å². The number of pyridine rings is 1. The molecule has 0 aliphatic heterocycles. The van der Waals surface area contributed by atoms with Gasteiger partial charge in [-0.3, -0.25) is 9.59 Å². The van der Waals surface area contributed by atoms with E-state index in [4.69, 9.17) is 0 Å². The molecule has 0 bridgehead atoms. The third-order valence-corrected chi connectivity index (χ3v) is 3.71. The Hall–Kier alpha value is -2.54. The van der Waals surface area contributed by atoms with E-state index in [0.29, 0.717) is 10.9 Å². The van der Waals surface area contributed by atoms with Crippen LogP contribution in [0.2, 0.25) is 0 Å². The number of carbonyl (C=O) groups is 1. The Morgan fingerprint density at radius 1 is 1.38 bits per heavy atom. The van der Waals surface area contributed by atoms with Crippen LogP contribution in [0.15, 0.2) is 40.6 Å². The molecule has 21 heavy (non-hydrogen) atoms. The monoisotopic (exact) mass is 303 g/mol. The zero-order valence-electron chi connectivity index (χ0n) is 10.7. The predicted molar refractivity (Wildman–Crippen MR) is 77.8 cm³/mol. The van der Waals surface area contributed by atoms with Gasteiger partial charge in [-0.05, 0) is 18.2 Å². The maximum absolute atomic E-state index is 13.4. The number of thiazole rings is 1. The number of H-pyrrole nitrogens is 1. The van der Waals surface area contributed by atoms with Crippen molar-refractivity contribution in [3.8, 4) is 0 Å². The first-order valence-corrected chi connectivity index (χ1v) is 7.00. The molecule has 0 saturated heterocycles. The Balaban J connectivity index is 1.96. The molecule has 0 unspecified atom stereocenters. The average molecular weight is 303 g/mol. The van der Waals surface area contributed by atoms with Crippen LogP contribution in [0.3, 0.4) is 0 Å². The van der Waals surface area contributed by atoms with Crippen molar-refractivity contribution in [2.75, 3.05) is 0 Å². The zero-order chi connectivity index (χ0) is 14.8. The third-order valence-electron chi connectivity index (χ3n) is 2.93. The lowest BCUT2D eigenvalue weighted by molar-refractivity contribution is 0.0952. The largest absolute Gasteiger partial charge is 0.346 e. The van der Waals surface area contributed by atoms with Gasteiger partial charge in [0.05, 0.1) is 12.1 Å². The van der Waals surface area contributed by atoms with Crippen LogP contribution in [0.5, 0.6) is 0 Å². The summed E-state index contributed by atoms with van der Waals surface area (Å²) in [5.74, 6) is -0.907. The summed E-state index contributed by atoms with van der Waals surface area (Å²) in [6.07, 6.45) is 1.64. The van der Waals surface area contributed by atoms with Gasteiger partial charge >= 0.3 is 0 Å². The van der Waals surface area contributed by atoms with Crippen LogP contribution in [0.25, 0.3) is 10.9 Å². The van der Waals surface area contributed by atoms with Crippen LogP contribution in [-0.2, 0) is 6.54 Å². The second-order valence-corrected chi connectivity index (χ2v) is 5.32. The molecule has 1 amide bonds. The number of nitrogens with zero attached hydrogens (tertiary/aromatic N) is 1. The number of carbonyl (C=O) groups excluding carboxylic acids is 1. The van der Waals surface area contributed by atoms with Crippen molar-refractivity contribution in [3.63, 3.8) is 0 Å². The van der Waals surface area contributed by atoms with E-state index in [-0.39, 0.29) is 12.1 Å². The molecule has 0 spiro atoms. The molecule has 2 N–H and O–H groups in total. The molecule has 3 aromatic rings. The smallest absolute Gasteiger partial charge is 0.252 e. The maximum Gasteiger partial charge on any atom is 0.252 e. The van der Waals surface area contributed by atoms with Gasteiger partial charge in [0.2, 0.25) is 5.56 Å². The molecular formula is C14H10FN3O2S. The fourth-order valence-electron chi connectivity index (χ4n) is 2.01. The summed E-state index contributed by atoms with van der Waals surface area (Å²) in [5.41, 5.74) is 0.154. The first-order chi connectivity index (χ1) is 10.1. The molecule has 0 fully saturated rings. The van der Waals surface area contributed by atoms with Crippen molar-refractivity contribution in [1.29, 1.82) is 0 Å².